The summed E-state index contributed by atoms with van der Waals surface area (Å²) in [5.41, 5.74) is 1.43. The van der Waals surface area contributed by atoms with Crippen molar-refractivity contribution in [2.45, 2.75) is 36.5 Å². The third-order valence-electron chi connectivity index (χ3n) is 5.41. The molecule has 144 valence electrons. The van der Waals surface area contributed by atoms with Crippen molar-refractivity contribution in [2.75, 3.05) is 26.3 Å². The summed E-state index contributed by atoms with van der Waals surface area (Å²) in [6.45, 7) is 1.31. The molecule has 2 aliphatic rings. The number of rotatable bonds is 4. The second kappa shape index (κ2) is 7.18. The summed E-state index contributed by atoms with van der Waals surface area (Å²) in [5.74, 6) is -0.785. The molecule has 1 N–H and O–H groups in total. The molecule has 0 radical (unpaired) electrons. The number of pyridine rings is 1. The van der Waals surface area contributed by atoms with Gasteiger partial charge < -0.3 is 9.84 Å². The number of carboxylic acid groups (broad SMARTS) is 1. The van der Waals surface area contributed by atoms with Crippen molar-refractivity contribution in [1.29, 1.82) is 0 Å². The van der Waals surface area contributed by atoms with Crippen LogP contribution in [0.15, 0.2) is 29.2 Å². The van der Waals surface area contributed by atoms with Crippen molar-refractivity contribution in [3.8, 4) is 0 Å². The van der Waals surface area contributed by atoms with Crippen LogP contribution in [-0.4, -0.2) is 55.1 Å². The van der Waals surface area contributed by atoms with E-state index in [1.165, 1.54) is 16.4 Å². The van der Waals surface area contributed by atoms with E-state index in [2.05, 4.69) is 4.98 Å². The van der Waals surface area contributed by atoms with Gasteiger partial charge in [0.25, 0.3) is 0 Å². The van der Waals surface area contributed by atoms with Gasteiger partial charge in [-0.1, -0.05) is 12.8 Å². The Hall–Kier alpha value is -2.03. The van der Waals surface area contributed by atoms with Crippen LogP contribution < -0.4 is 0 Å². The van der Waals surface area contributed by atoms with Crippen LogP contribution in [0.5, 0.6) is 0 Å². The maximum absolute atomic E-state index is 12.9. The van der Waals surface area contributed by atoms with Crippen LogP contribution in [0.4, 0.5) is 0 Å². The molecule has 1 aromatic carbocycles. The molecular formula is C19H22N2O5S. The molecule has 1 aromatic heterocycles. The molecule has 2 aromatic rings. The van der Waals surface area contributed by atoms with Gasteiger partial charge in [-0.25, -0.2) is 13.2 Å². The van der Waals surface area contributed by atoms with Crippen molar-refractivity contribution >= 4 is 26.9 Å². The third kappa shape index (κ3) is 3.44. The van der Waals surface area contributed by atoms with E-state index in [9.17, 15) is 18.3 Å². The minimum absolute atomic E-state index is 0.0924. The number of carbonyl (C=O) groups is 1. The lowest BCUT2D eigenvalue weighted by Gasteiger charge is -2.26. The molecule has 0 atom stereocenters. The first-order chi connectivity index (χ1) is 13.0. The first-order valence-electron chi connectivity index (χ1n) is 9.23. The number of benzene rings is 1. The Morgan fingerprint density at radius 3 is 2.52 bits per heavy atom. The zero-order chi connectivity index (χ0) is 19.0. The smallest absolute Gasteiger partial charge is 0.336 e. The average Bonchev–Trinajstić information content (AvgIpc) is 3.22. The van der Waals surface area contributed by atoms with Crippen molar-refractivity contribution in [1.82, 2.24) is 9.29 Å². The van der Waals surface area contributed by atoms with E-state index in [1.807, 2.05) is 0 Å². The molecule has 8 heteroatoms. The molecule has 1 saturated heterocycles. The number of morpholine rings is 1. The second-order valence-electron chi connectivity index (χ2n) is 7.08. The Kier molecular flexibility index (Phi) is 4.88. The number of sulfonamides is 1. The molecule has 1 saturated carbocycles. The Balaban J connectivity index is 1.80. The van der Waals surface area contributed by atoms with Gasteiger partial charge in [0, 0.05) is 30.1 Å². The van der Waals surface area contributed by atoms with Crippen LogP contribution in [0.3, 0.4) is 0 Å². The van der Waals surface area contributed by atoms with Gasteiger partial charge in [-0.3, -0.25) is 4.98 Å². The predicted octanol–water partition coefficient (Wildman–Crippen LogP) is 2.61. The summed E-state index contributed by atoms with van der Waals surface area (Å²) in [5, 5.41) is 10.0. The van der Waals surface area contributed by atoms with Gasteiger partial charge >= 0.3 is 5.97 Å². The highest BCUT2D eigenvalue weighted by Crippen LogP contribution is 2.35. The van der Waals surface area contributed by atoms with Gasteiger partial charge in [0.1, 0.15) is 0 Å². The number of ether oxygens (including phenoxy) is 1. The van der Waals surface area contributed by atoms with E-state index in [4.69, 9.17) is 4.74 Å². The lowest BCUT2D eigenvalue weighted by molar-refractivity contribution is 0.0698. The lowest BCUT2D eigenvalue weighted by Crippen LogP contribution is -2.40. The van der Waals surface area contributed by atoms with Crippen LogP contribution in [-0.2, 0) is 14.8 Å². The molecule has 1 aliphatic heterocycles. The summed E-state index contributed by atoms with van der Waals surface area (Å²) in [6.07, 6.45) is 4.29. The van der Waals surface area contributed by atoms with Crippen molar-refractivity contribution in [3.05, 3.63) is 35.5 Å². The van der Waals surface area contributed by atoms with Gasteiger partial charge in [0.05, 0.1) is 29.2 Å². The minimum atomic E-state index is -3.69. The van der Waals surface area contributed by atoms with E-state index in [0.717, 1.165) is 31.4 Å². The molecule has 0 spiro atoms. The fourth-order valence-electron chi connectivity index (χ4n) is 3.93. The van der Waals surface area contributed by atoms with Crippen LogP contribution in [0.2, 0.25) is 0 Å². The predicted molar refractivity (Wildman–Crippen MR) is 99.5 cm³/mol. The SMILES string of the molecule is O=C(O)c1cc(C2CCCC2)nc2ccc(S(=O)(=O)N3CCOCC3)cc12. The maximum atomic E-state index is 12.9. The molecule has 7 nitrogen and oxygen atoms in total. The first-order valence-corrected chi connectivity index (χ1v) is 10.7. The third-order valence-corrected chi connectivity index (χ3v) is 7.31. The molecule has 2 heterocycles. The average molecular weight is 390 g/mol. The summed E-state index contributed by atoms with van der Waals surface area (Å²) in [6, 6.07) is 6.19. The quantitative estimate of drug-likeness (QED) is 0.862. The molecule has 0 bridgehead atoms. The lowest BCUT2D eigenvalue weighted by atomic mass is 9.99. The molecule has 0 amide bonds. The Labute approximate surface area is 158 Å². The van der Waals surface area contributed by atoms with Crippen LogP contribution >= 0.6 is 0 Å². The van der Waals surface area contributed by atoms with E-state index < -0.39 is 16.0 Å². The van der Waals surface area contributed by atoms with E-state index in [-0.39, 0.29) is 16.4 Å². The summed E-state index contributed by atoms with van der Waals surface area (Å²) in [4.78, 5) is 16.6. The van der Waals surface area contributed by atoms with E-state index in [1.54, 1.807) is 12.1 Å². The molecule has 0 unspecified atom stereocenters. The Morgan fingerprint density at radius 1 is 1.15 bits per heavy atom. The van der Waals surface area contributed by atoms with Crippen LogP contribution in [0.25, 0.3) is 10.9 Å². The highest BCUT2D eigenvalue weighted by molar-refractivity contribution is 7.89. The largest absolute Gasteiger partial charge is 0.478 e. The zero-order valence-corrected chi connectivity index (χ0v) is 15.7. The number of hydrogen-bond donors (Lipinski definition) is 1. The standard InChI is InChI=1S/C19H22N2O5S/c22-19(23)16-12-18(13-3-1-2-4-13)20-17-6-5-14(11-15(16)17)27(24,25)21-7-9-26-10-8-21/h5-6,11-13H,1-4,7-10H2,(H,22,23). The number of aromatic carboxylic acids is 1. The summed E-state index contributed by atoms with van der Waals surface area (Å²) >= 11 is 0. The van der Waals surface area contributed by atoms with Gasteiger partial charge in [0.2, 0.25) is 10.0 Å². The summed E-state index contributed by atoms with van der Waals surface area (Å²) in [7, 11) is -3.69. The second-order valence-corrected chi connectivity index (χ2v) is 9.01. The fraction of sp³-hybridized carbons (Fsp3) is 0.474. The monoisotopic (exact) mass is 390 g/mol. The van der Waals surface area contributed by atoms with Gasteiger partial charge in [-0.05, 0) is 37.1 Å². The Bertz CT molecular complexity index is 977. The molecule has 27 heavy (non-hydrogen) atoms. The highest BCUT2D eigenvalue weighted by atomic mass is 32.2. The topological polar surface area (TPSA) is 96.8 Å². The van der Waals surface area contributed by atoms with Crippen molar-refractivity contribution in [2.24, 2.45) is 0 Å². The number of aromatic nitrogens is 1. The molecule has 4 rings (SSSR count). The molecule has 2 fully saturated rings. The summed E-state index contributed by atoms with van der Waals surface area (Å²) < 4.78 is 32.4. The van der Waals surface area contributed by atoms with Crippen molar-refractivity contribution < 1.29 is 23.1 Å². The highest BCUT2D eigenvalue weighted by Gasteiger charge is 2.28. The van der Waals surface area contributed by atoms with Crippen LogP contribution in [0.1, 0.15) is 47.7 Å². The van der Waals surface area contributed by atoms with E-state index in [0.29, 0.717) is 37.2 Å². The van der Waals surface area contributed by atoms with Crippen molar-refractivity contribution in [3.63, 3.8) is 0 Å². The fourth-order valence-corrected chi connectivity index (χ4v) is 5.36. The Morgan fingerprint density at radius 2 is 1.85 bits per heavy atom. The normalized spacial score (nSPS) is 19.6. The number of nitrogens with zero attached hydrogens (tertiary/aromatic N) is 2. The van der Waals surface area contributed by atoms with Gasteiger partial charge in [0.15, 0.2) is 0 Å². The molecule has 1 aliphatic carbocycles. The van der Waals surface area contributed by atoms with Gasteiger partial charge in [-0.15, -0.1) is 0 Å². The maximum Gasteiger partial charge on any atom is 0.336 e. The van der Waals surface area contributed by atoms with Gasteiger partial charge in [-0.2, -0.15) is 4.31 Å². The number of fused-ring (bicyclic) bond motifs is 1. The number of hydrogen-bond acceptors (Lipinski definition) is 5. The molecular weight excluding hydrogens is 368 g/mol. The van der Waals surface area contributed by atoms with E-state index >= 15 is 0 Å². The first kappa shape index (κ1) is 18.3. The zero-order valence-electron chi connectivity index (χ0n) is 14.9. The minimum Gasteiger partial charge on any atom is -0.478 e. The van der Waals surface area contributed by atoms with Crippen LogP contribution in [0, 0.1) is 0 Å². The number of carboxylic acids is 1.